The van der Waals surface area contributed by atoms with Crippen LogP contribution in [0.1, 0.15) is 27.8 Å². The zero-order valence-corrected chi connectivity index (χ0v) is 13.4. The molecule has 0 fully saturated rings. The summed E-state index contributed by atoms with van der Waals surface area (Å²) in [6.45, 7) is 0.530. The highest BCUT2D eigenvalue weighted by atomic mass is 16.4. The topological polar surface area (TPSA) is 71.5 Å². The standard InChI is InChI=1S/C18H19N3O3/c1-20-12-15(10-19-20)18(23)21(11-14-6-3-2-4-7-14)13-16(22)17-8-5-9-24-17/h2-10,12,16,22H,11,13H2,1H3. The zero-order chi connectivity index (χ0) is 16.9. The highest BCUT2D eigenvalue weighted by Gasteiger charge is 2.22. The highest BCUT2D eigenvalue weighted by Crippen LogP contribution is 2.18. The van der Waals surface area contributed by atoms with E-state index in [0.717, 1.165) is 5.56 Å². The van der Waals surface area contributed by atoms with Crippen LogP contribution in [0.3, 0.4) is 0 Å². The number of carbonyl (C=O) groups excluding carboxylic acids is 1. The van der Waals surface area contributed by atoms with Crippen molar-refractivity contribution in [3.63, 3.8) is 0 Å². The Morgan fingerprint density at radius 3 is 2.71 bits per heavy atom. The normalized spacial score (nSPS) is 12.1. The smallest absolute Gasteiger partial charge is 0.257 e. The van der Waals surface area contributed by atoms with E-state index in [2.05, 4.69) is 5.10 Å². The Balaban J connectivity index is 1.81. The third-order valence-corrected chi connectivity index (χ3v) is 3.72. The van der Waals surface area contributed by atoms with Crippen molar-refractivity contribution in [2.75, 3.05) is 6.54 Å². The molecule has 1 N–H and O–H groups in total. The van der Waals surface area contributed by atoms with Crippen LogP contribution in [0.15, 0.2) is 65.5 Å². The Hall–Kier alpha value is -2.86. The number of aliphatic hydroxyl groups excluding tert-OH is 1. The number of hydrogen-bond donors (Lipinski definition) is 1. The van der Waals surface area contributed by atoms with Gasteiger partial charge in [0.05, 0.1) is 24.6 Å². The van der Waals surface area contributed by atoms with Crippen LogP contribution in [-0.2, 0) is 13.6 Å². The summed E-state index contributed by atoms with van der Waals surface area (Å²) in [6, 6.07) is 13.1. The number of furan rings is 1. The summed E-state index contributed by atoms with van der Waals surface area (Å²) in [5, 5.41) is 14.4. The Morgan fingerprint density at radius 1 is 1.29 bits per heavy atom. The average Bonchev–Trinajstić information content (AvgIpc) is 3.26. The maximum Gasteiger partial charge on any atom is 0.257 e. The molecule has 2 aromatic heterocycles. The molecule has 3 rings (SSSR count). The van der Waals surface area contributed by atoms with Gasteiger partial charge < -0.3 is 14.4 Å². The van der Waals surface area contributed by atoms with Gasteiger partial charge in [0.15, 0.2) is 0 Å². The van der Waals surface area contributed by atoms with Crippen LogP contribution in [0.5, 0.6) is 0 Å². The summed E-state index contributed by atoms with van der Waals surface area (Å²) < 4.78 is 6.81. The summed E-state index contributed by atoms with van der Waals surface area (Å²) in [6.07, 6.45) is 3.81. The molecule has 1 aromatic carbocycles. The maximum atomic E-state index is 12.8. The maximum absolute atomic E-state index is 12.8. The first-order valence-electron chi connectivity index (χ1n) is 7.67. The highest BCUT2D eigenvalue weighted by molar-refractivity contribution is 5.93. The van der Waals surface area contributed by atoms with Crippen LogP contribution in [0.25, 0.3) is 0 Å². The molecule has 6 nitrogen and oxygen atoms in total. The first-order chi connectivity index (χ1) is 11.6. The molecule has 0 aliphatic carbocycles. The Morgan fingerprint density at radius 2 is 2.08 bits per heavy atom. The van der Waals surface area contributed by atoms with Crippen molar-refractivity contribution in [3.8, 4) is 0 Å². The molecule has 0 spiro atoms. The van der Waals surface area contributed by atoms with E-state index in [1.807, 2.05) is 30.3 Å². The third kappa shape index (κ3) is 3.72. The molecule has 0 aliphatic rings. The van der Waals surface area contributed by atoms with E-state index in [0.29, 0.717) is 17.9 Å². The van der Waals surface area contributed by atoms with E-state index in [1.165, 1.54) is 12.5 Å². The van der Waals surface area contributed by atoms with Crippen molar-refractivity contribution in [1.29, 1.82) is 0 Å². The monoisotopic (exact) mass is 325 g/mol. The number of nitrogens with zero attached hydrogens (tertiary/aromatic N) is 3. The van der Waals surface area contributed by atoms with Crippen LogP contribution in [0, 0.1) is 0 Å². The first kappa shape index (κ1) is 16.0. The minimum atomic E-state index is -0.885. The summed E-state index contributed by atoms with van der Waals surface area (Å²) in [7, 11) is 1.76. The van der Waals surface area contributed by atoms with Crippen LogP contribution in [0.2, 0.25) is 0 Å². The number of aromatic nitrogens is 2. The summed E-state index contributed by atoms with van der Waals surface area (Å²) >= 11 is 0. The quantitative estimate of drug-likeness (QED) is 0.755. The van der Waals surface area contributed by atoms with Crippen LogP contribution in [0.4, 0.5) is 0 Å². The lowest BCUT2D eigenvalue weighted by atomic mass is 10.1. The lowest BCUT2D eigenvalue weighted by Gasteiger charge is -2.24. The van der Waals surface area contributed by atoms with E-state index in [-0.39, 0.29) is 12.5 Å². The molecule has 2 heterocycles. The Bertz CT molecular complexity index is 781. The van der Waals surface area contributed by atoms with Gasteiger partial charge in [0.25, 0.3) is 5.91 Å². The van der Waals surface area contributed by atoms with E-state index in [1.54, 1.807) is 35.0 Å². The van der Waals surface area contributed by atoms with Crippen LogP contribution >= 0.6 is 0 Å². The lowest BCUT2D eigenvalue weighted by molar-refractivity contribution is 0.0563. The molecule has 24 heavy (non-hydrogen) atoms. The summed E-state index contributed by atoms with van der Waals surface area (Å²) in [5.74, 6) is 0.254. The zero-order valence-electron chi connectivity index (χ0n) is 13.4. The molecule has 0 aliphatic heterocycles. The van der Waals surface area contributed by atoms with Gasteiger partial charge >= 0.3 is 0 Å². The molecule has 1 unspecified atom stereocenters. The second-order valence-corrected chi connectivity index (χ2v) is 5.61. The molecule has 124 valence electrons. The third-order valence-electron chi connectivity index (χ3n) is 3.72. The predicted octanol–water partition coefficient (Wildman–Crippen LogP) is 2.39. The lowest BCUT2D eigenvalue weighted by Crippen LogP contribution is -2.34. The Kier molecular flexibility index (Phi) is 4.77. The number of aryl methyl sites for hydroxylation is 1. The van der Waals surface area contributed by atoms with Gasteiger partial charge in [-0.15, -0.1) is 0 Å². The van der Waals surface area contributed by atoms with E-state index < -0.39 is 6.10 Å². The molecule has 1 amide bonds. The fraction of sp³-hybridized carbons (Fsp3) is 0.222. The minimum Gasteiger partial charge on any atom is -0.467 e. The van der Waals surface area contributed by atoms with Crippen LogP contribution < -0.4 is 0 Å². The molecule has 0 bridgehead atoms. The van der Waals surface area contributed by atoms with Gasteiger partial charge in [-0.05, 0) is 17.7 Å². The van der Waals surface area contributed by atoms with Gasteiger partial charge in [-0.3, -0.25) is 9.48 Å². The van der Waals surface area contributed by atoms with Gasteiger partial charge in [0.1, 0.15) is 11.9 Å². The van der Waals surface area contributed by atoms with E-state index in [9.17, 15) is 9.90 Å². The summed E-state index contributed by atoms with van der Waals surface area (Å²) in [4.78, 5) is 14.4. The molecule has 1 atom stereocenters. The minimum absolute atomic E-state index is 0.135. The molecular weight excluding hydrogens is 306 g/mol. The van der Waals surface area contributed by atoms with Gasteiger partial charge in [0.2, 0.25) is 0 Å². The second-order valence-electron chi connectivity index (χ2n) is 5.61. The van der Waals surface area contributed by atoms with Crippen LogP contribution in [-0.4, -0.2) is 32.2 Å². The van der Waals surface area contributed by atoms with Crippen molar-refractivity contribution in [1.82, 2.24) is 14.7 Å². The fourth-order valence-corrected chi connectivity index (χ4v) is 2.52. The van der Waals surface area contributed by atoms with Gasteiger partial charge in [0, 0.05) is 19.8 Å². The molecule has 0 saturated carbocycles. The number of rotatable bonds is 6. The Labute approximate surface area is 139 Å². The number of aliphatic hydroxyl groups is 1. The predicted molar refractivity (Wildman–Crippen MR) is 88.1 cm³/mol. The van der Waals surface area contributed by atoms with Gasteiger partial charge in [-0.25, -0.2) is 0 Å². The second kappa shape index (κ2) is 7.14. The van der Waals surface area contributed by atoms with Crippen molar-refractivity contribution >= 4 is 5.91 Å². The largest absolute Gasteiger partial charge is 0.467 e. The number of carbonyl (C=O) groups is 1. The van der Waals surface area contributed by atoms with Crippen molar-refractivity contribution in [2.45, 2.75) is 12.6 Å². The molecule has 6 heteroatoms. The van der Waals surface area contributed by atoms with Gasteiger partial charge in [-0.1, -0.05) is 30.3 Å². The van der Waals surface area contributed by atoms with E-state index in [4.69, 9.17) is 4.42 Å². The van der Waals surface area contributed by atoms with Gasteiger partial charge in [-0.2, -0.15) is 5.10 Å². The average molecular weight is 325 g/mol. The van der Waals surface area contributed by atoms with Crippen molar-refractivity contribution < 1.29 is 14.3 Å². The van der Waals surface area contributed by atoms with E-state index >= 15 is 0 Å². The number of benzene rings is 1. The fourth-order valence-electron chi connectivity index (χ4n) is 2.52. The molecule has 0 radical (unpaired) electrons. The van der Waals surface area contributed by atoms with Crippen molar-refractivity contribution in [2.24, 2.45) is 7.05 Å². The number of amides is 1. The SMILES string of the molecule is Cn1cc(C(=O)N(Cc2ccccc2)CC(O)c2ccco2)cn1. The van der Waals surface area contributed by atoms with Crippen molar-refractivity contribution in [3.05, 3.63) is 78.0 Å². The number of hydrogen-bond acceptors (Lipinski definition) is 4. The summed E-state index contributed by atoms with van der Waals surface area (Å²) in [5.41, 5.74) is 1.47. The molecular formula is C18H19N3O3. The molecule has 0 saturated heterocycles. The first-order valence-corrected chi connectivity index (χ1v) is 7.67. The molecule has 3 aromatic rings.